The average Bonchev–Trinajstić information content (AvgIpc) is 2.84. The van der Waals surface area contributed by atoms with Crippen LogP contribution in [0.5, 0.6) is 0 Å². The zero-order chi connectivity index (χ0) is 14.8. The van der Waals surface area contributed by atoms with Crippen molar-refractivity contribution in [2.45, 2.75) is 6.92 Å². The summed E-state index contributed by atoms with van der Waals surface area (Å²) in [4.78, 5) is 19.0. The van der Waals surface area contributed by atoms with Crippen LogP contribution < -0.4 is 0 Å². The number of hydrogen-bond acceptors (Lipinski definition) is 5. The van der Waals surface area contributed by atoms with E-state index >= 15 is 0 Å². The molecule has 0 bridgehead atoms. The molecule has 0 aliphatic heterocycles. The molecule has 5 nitrogen and oxygen atoms in total. The fraction of sp³-hybridized carbons (Fsp3) is 0.0667. The first-order valence-corrected chi connectivity index (χ1v) is 7.09. The molecule has 0 N–H and O–H groups in total. The van der Waals surface area contributed by atoms with E-state index in [4.69, 9.17) is 0 Å². The van der Waals surface area contributed by atoms with Gasteiger partial charge in [-0.25, -0.2) is 4.98 Å². The third-order valence-electron chi connectivity index (χ3n) is 2.94. The topological polar surface area (TPSA) is 68.4 Å². The zero-order valence-electron chi connectivity index (χ0n) is 11.2. The van der Waals surface area contributed by atoms with E-state index in [0.717, 1.165) is 26.5 Å². The van der Waals surface area contributed by atoms with E-state index in [-0.39, 0.29) is 5.69 Å². The molecule has 0 fully saturated rings. The lowest BCUT2D eigenvalue weighted by atomic mass is 10.2. The molecule has 0 saturated carbocycles. The number of thiazole rings is 1. The normalized spacial score (nSPS) is 11.3. The van der Waals surface area contributed by atoms with Crippen molar-refractivity contribution in [3.05, 3.63) is 63.1 Å². The quantitative estimate of drug-likeness (QED) is 0.412. The lowest BCUT2D eigenvalue weighted by Gasteiger charge is -1.95. The predicted octanol–water partition coefficient (Wildman–Crippen LogP) is 4.26. The molecule has 0 spiro atoms. The molecular weight excluding hydrogens is 286 g/mol. The first kappa shape index (κ1) is 13.4. The highest BCUT2D eigenvalue weighted by Crippen LogP contribution is 2.25. The van der Waals surface area contributed by atoms with E-state index in [0.29, 0.717) is 0 Å². The van der Waals surface area contributed by atoms with Gasteiger partial charge in [0.25, 0.3) is 5.69 Å². The lowest BCUT2D eigenvalue weighted by Crippen LogP contribution is -1.88. The molecule has 2 aromatic carbocycles. The number of hydrogen-bond donors (Lipinski definition) is 0. The number of nitro benzene ring substituents is 1. The minimum Gasteiger partial charge on any atom is -0.258 e. The van der Waals surface area contributed by atoms with Gasteiger partial charge in [-0.2, -0.15) is 0 Å². The Kier molecular flexibility index (Phi) is 3.45. The Hall–Kier alpha value is -2.60. The Balaban J connectivity index is 1.84. The summed E-state index contributed by atoms with van der Waals surface area (Å²) >= 11 is 1.65. The zero-order valence-corrected chi connectivity index (χ0v) is 12.0. The molecular formula is C15H11N3O2S. The van der Waals surface area contributed by atoms with E-state index in [9.17, 15) is 10.1 Å². The largest absolute Gasteiger partial charge is 0.269 e. The number of benzene rings is 2. The number of aliphatic imine (C=N–C) groups is 1. The lowest BCUT2D eigenvalue weighted by molar-refractivity contribution is -0.384. The van der Waals surface area contributed by atoms with E-state index in [1.165, 1.54) is 12.1 Å². The summed E-state index contributed by atoms with van der Waals surface area (Å²) in [6.07, 6.45) is 1.68. The molecule has 21 heavy (non-hydrogen) atoms. The molecule has 1 heterocycles. The van der Waals surface area contributed by atoms with Crippen molar-refractivity contribution in [2.24, 2.45) is 4.99 Å². The molecule has 3 aromatic rings. The molecule has 0 saturated heterocycles. The number of nitrogens with zero attached hydrogens (tertiary/aromatic N) is 3. The molecule has 3 rings (SSSR count). The monoisotopic (exact) mass is 297 g/mol. The van der Waals surface area contributed by atoms with Crippen molar-refractivity contribution < 1.29 is 4.92 Å². The summed E-state index contributed by atoms with van der Waals surface area (Å²) in [6.45, 7) is 1.98. The van der Waals surface area contributed by atoms with Crippen molar-refractivity contribution in [3.63, 3.8) is 0 Å². The van der Waals surface area contributed by atoms with Crippen LogP contribution in [0.2, 0.25) is 0 Å². The van der Waals surface area contributed by atoms with Crippen molar-refractivity contribution in [1.82, 2.24) is 4.98 Å². The molecule has 6 heteroatoms. The van der Waals surface area contributed by atoms with Crippen LogP contribution in [0.1, 0.15) is 10.6 Å². The van der Waals surface area contributed by atoms with Gasteiger partial charge in [-0.3, -0.25) is 15.1 Å². The first-order chi connectivity index (χ1) is 10.1. The van der Waals surface area contributed by atoms with E-state index in [1.807, 2.05) is 25.1 Å². The molecule has 104 valence electrons. The van der Waals surface area contributed by atoms with Crippen LogP contribution in [0.4, 0.5) is 11.4 Å². The standard InChI is InChI=1S/C15H11N3O2S/c1-10-17-14-8-12(4-7-15(14)21-10)16-9-11-2-5-13(6-3-11)18(19)20/h2-9H,1H3. The second-order valence-electron chi connectivity index (χ2n) is 4.49. The van der Waals surface area contributed by atoms with Crippen molar-refractivity contribution >= 4 is 39.1 Å². The average molecular weight is 297 g/mol. The number of nitro groups is 1. The maximum Gasteiger partial charge on any atom is 0.269 e. The fourth-order valence-electron chi connectivity index (χ4n) is 1.94. The van der Waals surface area contributed by atoms with Gasteiger partial charge in [-0.1, -0.05) is 0 Å². The second-order valence-corrected chi connectivity index (χ2v) is 5.73. The van der Waals surface area contributed by atoms with Crippen LogP contribution in [0.15, 0.2) is 47.5 Å². The van der Waals surface area contributed by atoms with Crippen LogP contribution >= 0.6 is 11.3 Å². The number of fused-ring (bicyclic) bond motifs is 1. The smallest absolute Gasteiger partial charge is 0.258 e. The first-order valence-electron chi connectivity index (χ1n) is 6.27. The highest BCUT2D eigenvalue weighted by Gasteiger charge is 2.03. The molecule has 0 atom stereocenters. The van der Waals surface area contributed by atoms with Crippen LogP contribution in [0, 0.1) is 17.0 Å². The van der Waals surface area contributed by atoms with Gasteiger partial charge in [0.1, 0.15) is 0 Å². The van der Waals surface area contributed by atoms with Gasteiger partial charge < -0.3 is 0 Å². The van der Waals surface area contributed by atoms with Gasteiger partial charge >= 0.3 is 0 Å². The number of rotatable bonds is 3. The van der Waals surface area contributed by atoms with Gasteiger partial charge in [0.2, 0.25) is 0 Å². The van der Waals surface area contributed by atoms with E-state index in [1.54, 1.807) is 29.7 Å². The Morgan fingerprint density at radius 1 is 1.24 bits per heavy atom. The van der Waals surface area contributed by atoms with Gasteiger partial charge in [0.15, 0.2) is 0 Å². The Labute approximate surface area is 124 Å². The maximum atomic E-state index is 10.6. The van der Waals surface area contributed by atoms with Crippen LogP contribution in [-0.2, 0) is 0 Å². The highest BCUT2D eigenvalue weighted by molar-refractivity contribution is 7.18. The maximum absolute atomic E-state index is 10.6. The second kappa shape index (κ2) is 5.41. The minimum absolute atomic E-state index is 0.0755. The SMILES string of the molecule is Cc1nc2cc(N=Cc3ccc([N+](=O)[O-])cc3)ccc2s1. The summed E-state index contributed by atoms with van der Waals surface area (Å²) in [6, 6.07) is 12.1. The Morgan fingerprint density at radius 2 is 2.00 bits per heavy atom. The number of aromatic nitrogens is 1. The van der Waals surface area contributed by atoms with Crippen molar-refractivity contribution in [2.75, 3.05) is 0 Å². The van der Waals surface area contributed by atoms with Gasteiger partial charge in [0.05, 0.1) is 25.8 Å². The third kappa shape index (κ3) is 2.95. The number of non-ortho nitro benzene ring substituents is 1. The number of aryl methyl sites for hydroxylation is 1. The fourth-order valence-corrected chi connectivity index (χ4v) is 2.75. The van der Waals surface area contributed by atoms with E-state index in [2.05, 4.69) is 9.98 Å². The molecule has 0 aliphatic rings. The molecule has 1 aromatic heterocycles. The van der Waals surface area contributed by atoms with Crippen LogP contribution in [0.3, 0.4) is 0 Å². The van der Waals surface area contributed by atoms with Gasteiger partial charge in [-0.05, 0) is 42.8 Å². The Bertz CT molecular complexity index is 838. The summed E-state index contributed by atoms with van der Waals surface area (Å²) in [5.41, 5.74) is 2.64. The predicted molar refractivity (Wildman–Crippen MR) is 84.7 cm³/mol. The van der Waals surface area contributed by atoms with Crippen molar-refractivity contribution in [1.29, 1.82) is 0 Å². The summed E-state index contributed by atoms with van der Waals surface area (Å²) < 4.78 is 1.14. The van der Waals surface area contributed by atoms with Crippen LogP contribution in [-0.4, -0.2) is 16.1 Å². The molecule has 0 unspecified atom stereocenters. The molecule has 0 amide bonds. The Morgan fingerprint density at radius 3 is 2.71 bits per heavy atom. The minimum atomic E-state index is -0.417. The van der Waals surface area contributed by atoms with Gasteiger partial charge in [-0.15, -0.1) is 11.3 Å². The highest BCUT2D eigenvalue weighted by atomic mass is 32.1. The van der Waals surface area contributed by atoms with Crippen molar-refractivity contribution in [3.8, 4) is 0 Å². The summed E-state index contributed by atoms with van der Waals surface area (Å²) in [5.74, 6) is 0. The van der Waals surface area contributed by atoms with Gasteiger partial charge in [0, 0.05) is 18.3 Å². The summed E-state index contributed by atoms with van der Waals surface area (Å²) in [5, 5.41) is 11.6. The summed E-state index contributed by atoms with van der Waals surface area (Å²) in [7, 11) is 0. The molecule has 0 radical (unpaired) electrons. The van der Waals surface area contributed by atoms with Crippen LogP contribution in [0.25, 0.3) is 10.2 Å². The third-order valence-corrected chi connectivity index (χ3v) is 3.90. The van der Waals surface area contributed by atoms with E-state index < -0.39 is 4.92 Å². The molecule has 0 aliphatic carbocycles.